The first kappa shape index (κ1) is 18.9. The number of ether oxygens (including phenoxy) is 1. The molecular weight excluding hydrogens is 361 g/mol. The van der Waals surface area contributed by atoms with E-state index >= 15 is 0 Å². The Hall–Kier alpha value is -2.46. The van der Waals surface area contributed by atoms with Crippen LogP contribution < -0.4 is 4.72 Å². The summed E-state index contributed by atoms with van der Waals surface area (Å²) in [7, 11) is -4.29. The number of hydrogen-bond acceptors (Lipinski definition) is 5. The van der Waals surface area contributed by atoms with Crippen LogP contribution in [-0.4, -0.2) is 32.1 Å². The van der Waals surface area contributed by atoms with E-state index in [9.17, 15) is 26.4 Å². The van der Waals surface area contributed by atoms with Crippen molar-refractivity contribution in [3.05, 3.63) is 60.4 Å². The van der Waals surface area contributed by atoms with Crippen LogP contribution >= 0.6 is 0 Å². The number of nitrogens with one attached hydrogen (secondary N) is 1. The van der Waals surface area contributed by atoms with Crippen molar-refractivity contribution >= 4 is 15.9 Å². The molecule has 6 nitrogen and oxygen atoms in total. The molecule has 0 saturated heterocycles. The Kier molecular flexibility index (Phi) is 5.75. The van der Waals surface area contributed by atoms with Gasteiger partial charge in [0.2, 0.25) is 0 Å². The van der Waals surface area contributed by atoms with Gasteiger partial charge in [-0.1, -0.05) is 30.3 Å². The average Bonchev–Trinajstić information content (AvgIpc) is 2.55. The lowest BCUT2D eigenvalue weighted by Gasteiger charge is -2.19. The summed E-state index contributed by atoms with van der Waals surface area (Å²) in [6, 6.07) is 9.82. The van der Waals surface area contributed by atoms with Gasteiger partial charge in [0.15, 0.2) is 6.10 Å². The van der Waals surface area contributed by atoms with Gasteiger partial charge in [0.1, 0.15) is 11.5 Å². The van der Waals surface area contributed by atoms with E-state index in [0.29, 0.717) is 0 Å². The van der Waals surface area contributed by atoms with E-state index in [1.165, 1.54) is 42.6 Å². The molecule has 2 rings (SSSR count). The van der Waals surface area contributed by atoms with E-state index in [4.69, 9.17) is 0 Å². The molecule has 1 aromatic carbocycles. The zero-order valence-electron chi connectivity index (χ0n) is 12.6. The van der Waals surface area contributed by atoms with Gasteiger partial charge in [-0.3, -0.25) is 9.78 Å². The third kappa shape index (κ3) is 5.54. The lowest BCUT2D eigenvalue weighted by atomic mass is 10.1. The van der Waals surface area contributed by atoms with Crippen molar-refractivity contribution in [1.82, 2.24) is 9.71 Å². The van der Waals surface area contributed by atoms with Crippen LogP contribution in [-0.2, 0) is 19.6 Å². The van der Waals surface area contributed by atoms with Gasteiger partial charge in [-0.05, 0) is 17.7 Å². The fraction of sp³-hybridized carbons (Fsp3) is 0.200. The highest BCUT2D eigenvalue weighted by Gasteiger charge is 2.33. The van der Waals surface area contributed by atoms with Crippen LogP contribution in [0.2, 0.25) is 0 Å². The van der Waals surface area contributed by atoms with Crippen molar-refractivity contribution in [3.63, 3.8) is 0 Å². The quantitative estimate of drug-likeness (QED) is 0.838. The molecule has 0 radical (unpaired) electrons. The van der Waals surface area contributed by atoms with Gasteiger partial charge in [-0.15, -0.1) is 0 Å². The molecule has 0 aliphatic rings. The monoisotopic (exact) mass is 374 g/mol. The first-order valence-electron chi connectivity index (χ1n) is 6.89. The molecule has 0 bridgehead atoms. The summed E-state index contributed by atoms with van der Waals surface area (Å²) in [5.41, 5.74) is 0.0886. The Morgan fingerprint density at radius 1 is 1.16 bits per heavy atom. The Morgan fingerprint density at radius 3 is 2.40 bits per heavy atom. The summed E-state index contributed by atoms with van der Waals surface area (Å²) < 4.78 is 67.8. The number of rotatable bonds is 6. The first-order valence-corrected chi connectivity index (χ1v) is 8.37. The number of nitrogens with zero attached hydrogens (tertiary/aromatic N) is 1. The smallest absolute Gasteiger partial charge is 0.354 e. The second-order valence-electron chi connectivity index (χ2n) is 4.88. The summed E-state index contributed by atoms with van der Waals surface area (Å²) >= 11 is 0. The molecule has 25 heavy (non-hydrogen) atoms. The average molecular weight is 374 g/mol. The summed E-state index contributed by atoms with van der Waals surface area (Å²) in [5.74, 6) is -1.24. The molecule has 0 saturated carbocycles. The minimum atomic E-state index is -4.67. The Morgan fingerprint density at radius 2 is 1.84 bits per heavy atom. The molecule has 0 aliphatic heterocycles. The predicted octanol–water partition coefficient (Wildman–Crippen LogP) is 2.21. The molecule has 1 heterocycles. The first-order chi connectivity index (χ1) is 11.7. The van der Waals surface area contributed by atoms with Crippen LogP contribution in [0.3, 0.4) is 0 Å². The molecule has 134 valence electrons. The standard InChI is InChI=1S/C15H13F3N2O4S/c16-15(17,18)10-24-13(11-5-2-1-3-6-11)14(21)20-25(22,23)12-7-4-8-19-9-12/h1-9,13H,10H2,(H,20,21). The third-order valence-corrected chi connectivity index (χ3v) is 4.27. The molecule has 1 atom stereocenters. The number of benzene rings is 1. The van der Waals surface area contributed by atoms with E-state index in [-0.39, 0.29) is 10.5 Å². The maximum atomic E-state index is 12.4. The van der Waals surface area contributed by atoms with Gasteiger partial charge in [0, 0.05) is 12.4 Å². The number of carbonyl (C=O) groups is 1. The van der Waals surface area contributed by atoms with Crippen LogP contribution in [0.25, 0.3) is 0 Å². The van der Waals surface area contributed by atoms with Gasteiger partial charge >= 0.3 is 6.18 Å². The number of sulfonamides is 1. The summed E-state index contributed by atoms with van der Waals surface area (Å²) in [4.78, 5) is 15.6. The molecule has 1 unspecified atom stereocenters. The van der Waals surface area contributed by atoms with Crippen molar-refractivity contribution < 1.29 is 31.1 Å². The second kappa shape index (κ2) is 7.62. The third-order valence-electron chi connectivity index (χ3n) is 2.93. The highest BCUT2D eigenvalue weighted by atomic mass is 32.2. The number of halogens is 3. The lowest BCUT2D eigenvalue weighted by molar-refractivity contribution is -0.187. The van der Waals surface area contributed by atoms with Gasteiger partial charge < -0.3 is 4.74 Å². The maximum Gasteiger partial charge on any atom is 0.411 e. The Labute approximate surface area is 141 Å². The maximum absolute atomic E-state index is 12.4. The minimum absolute atomic E-state index is 0.0886. The van der Waals surface area contributed by atoms with Gasteiger partial charge in [0.05, 0.1) is 0 Å². The zero-order valence-corrected chi connectivity index (χ0v) is 13.4. The Bertz CT molecular complexity index is 812. The van der Waals surface area contributed by atoms with Crippen molar-refractivity contribution in [3.8, 4) is 0 Å². The molecule has 0 fully saturated rings. The number of pyridine rings is 1. The molecule has 2 aromatic rings. The molecule has 0 spiro atoms. The van der Waals surface area contributed by atoms with E-state index in [0.717, 1.165) is 6.20 Å². The minimum Gasteiger partial charge on any atom is -0.354 e. The van der Waals surface area contributed by atoms with E-state index in [2.05, 4.69) is 9.72 Å². The summed E-state index contributed by atoms with van der Waals surface area (Å²) in [6.07, 6.45) is -4.08. The highest BCUT2D eigenvalue weighted by Crippen LogP contribution is 2.23. The van der Waals surface area contributed by atoms with Gasteiger partial charge in [-0.2, -0.15) is 13.2 Å². The van der Waals surface area contributed by atoms with E-state index in [1.54, 1.807) is 10.8 Å². The molecule has 1 amide bonds. The van der Waals surface area contributed by atoms with Crippen LogP contribution in [0.15, 0.2) is 59.8 Å². The zero-order chi connectivity index (χ0) is 18.5. The molecule has 0 aliphatic carbocycles. The Balaban J connectivity index is 2.23. The topological polar surface area (TPSA) is 85.4 Å². The number of hydrogen-bond donors (Lipinski definition) is 1. The molecule has 10 heteroatoms. The SMILES string of the molecule is O=C(NS(=O)(=O)c1cccnc1)C(OCC(F)(F)F)c1ccccc1. The summed E-state index contributed by atoms with van der Waals surface area (Å²) in [6.45, 7) is -1.70. The molecule has 1 aromatic heterocycles. The van der Waals surface area contributed by atoms with E-state index in [1.807, 2.05) is 0 Å². The van der Waals surface area contributed by atoms with Crippen molar-refractivity contribution in [1.29, 1.82) is 0 Å². The number of alkyl halides is 3. The van der Waals surface area contributed by atoms with Gasteiger partial charge in [-0.25, -0.2) is 13.1 Å². The fourth-order valence-corrected chi connectivity index (χ4v) is 2.83. The largest absolute Gasteiger partial charge is 0.411 e. The molecular formula is C15H13F3N2O4S. The van der Waals surface area contributed by atoms with Crippen molar-refractivity contribution in [2.24, 2.45) is 0 Å². The number of carbonyl (C=O) groups excluding carboxylic acids is 1. The number of aromatic nitrogens is 1. The second-order valence-corrected chi connectivity index (χ2v) is 6.56. The van der Waals surface area contributed by atoms with Crippen molar-refractivity contribution in [2.45, 2.75) is 17.2 Å². The normalized spacial score (nSPS) is 13.2. The van der Waals surface area contributed by atoms with Crippen molar-refractivity contribution in [2.75, 3.05) is 6.61 Å². The van der Waals surface area contributed by atoms with Crippen LogP contribution in [0.1, 0.15) is 11.7 Å². The number of amides is 1. The van der Waals surface area contributed by atoms with Crippen LogP contribution in [0.4, 0.5) is 13.2 Å². The predicted molar refractivity (Wildman–Crippen MR) is 80.8 cm³/mol. The lowest BCUT2D eigenvalue weighted by Crippen LogP contribution is -2.37. The van der Waals surface area contributed by atoms with Gasteiger partial charge in [0.25, 0.3) is 15.9 Å². The molecule has 1 N–H and O–H groups in total. The van der Waals surface area contributed by atoms with E-state index < -0.39 is 34.8 Å². The fourth-order valence-electron chi connectivity index (χ4n) is 1.88. The summed E-state index contributed by atoms with van der Waals surface area (Å²) in [5, 5.41) is 0. The highest BCUT2D eigenvalue weighted by molar-refractivity contribution is 7.90. The van der Waals surface area contributed by atoms with Crippen LogP contribution in [0, 0.1) is 0 Å². The van der Waals surface area contributed by atoms with Crippen LogP contribution in [0.5, 0.6) is 0 Å².